The van der Waals surface area contributed by atoms with E-state index in [0.29, 0.717) is 24.7 Å². The van der Waals surface area contributed by atoms with Crippen LogP contribution in [0.3, 0.4) is 0 Å². The number of hydrogen-bond donors (Lipinski definition) is 17. The molecule has 3 aromatic rings. The van der Waals surface area contributed by atoms with Crippen LogP contribution in [0.2, 0.25) is 0 Å². The number of para-hydroxylation sites is 1. The average molecular weight is 1050 g/mol. The van der Waals surface area contributed by atoms with Crippen molar-refractivity contribution < 1.29 is 43.2 Å². The van der Waals surface area contributed by atoms with Crippen LogP contribution < -0.4 is 76.1 Å². The summed E-state index contributed by atoms with van der Waals surface area (Å²) in [6.45, 7) is 1.57. The SMILES string of the molecule is CN[C@@H](Cc1c[nH]c2ccccc12)C(=O)NC(CCCNC(=O)CCC(NC(=O)[C@H](CCCNC(=N)N)NC(C)=O)C(=O)N[C@@H](CCN)C(=O)NC(Cc1ccccc1)C(=O)N[C@H](C=O)CCCNC(=N)N)C(N)=O. The van der Waals surface area contributed by atoms with E-state index in [1.807, 2.05) is 30.5 Å². The summed E-state index contributed by atoms with van der Waals surface area (Å²) in [6, 6.07) is 8.38. The minimum Gasteiger partial charge on any atom is -0.370 e. The first-order valence-electron chi connectivity index (χ1n) is 24.8. The van der Waals surface area contributed by atoms with Crippen molar-refractivity contribution in [3.8, 4) is 0 Å². The van der Waals surface area contributed by atoms with Gasteiger partial charge in [-0.3, -0.25) is 49.2 Å². The first-order valence-corrected chi connectivity index (χ1v) is 24.8. The lowest BCUT2D eigenvalue weighted by Crippen LogP contribution is -2.59. The standard InChI is InChI=1S/C49H75N17O9/c1-29(68)61-36(17-10-24-59-49(54)55)43(71)64-37(18-19-41(69)57-22-9-16-35(42(51)70)63-46(74)39(56-2)26-31-27-60-34-15-7-6-14-33(31)34)44(72)65-38(20-21-50)45(73)66-40(25-30-11-4-3-5-12-30)47(75)62-32(28-67)13-8-23-58-48(52)53/h3-7,11-12,14-15,27-28,32,35-40,56,60H,8-10,13,16-26,50H2,1-2H3,(H2,51,70)(H,57,69)(H,61,68)(H,62,75)(H,63,74)(H,64,71)(H,65,72)(H,66,73)(H4,52,53,58)(H4,54,55,59)/t32-,35?,36-,37?,38-,39-,40?/m0/s1. The highest BCUT2D eigenvalue weighted by molar-refractivity contribution is 5.96. The lowest BCUT2D eigenvalue weighted by molar-refractivity contribution is -0.135. The van der Waals surface area contributed by atoms with E-state index in [1.54, 1.807) is 37.4 Å². The Bertz CT molecular complexity index is 2400. The highest BCUT2D eigenvalue weighted by Gasteiger charge is 2.32. The van der Waals surface area contributed by atoms with Crippen LogP contribution in [0.5, 0.6) is 0 Å². The van der Waals surface area contributed by atoms with E-state index in [4.69, 9.17) is 33.8 Å². The van der Waals surface area contributed by atoms with Crippen LogP contribution >= 0.6 is 0 Å². The molecule has 0 bridgehead atoms. The Morgan fingerprint density at radius 2 is 1.09 bits per heavy atom. The zero-order valence-electron chi connectivity index (χ0n) is 42.5. The van der Waals surface area contributed by atoms with Crippen LogP contribution in [-0.2, 0) is 56.0 Å². The number of likely N-dealkylation sites (N-methyl/N-ethyl adjacent to an activating group) is 1. The third-order valence-electron chi connectivity index (χ3n) is 11.9. The molecule has 0 saturated carbocycles. The van der Waals surface area contributed by atoms with E-state index in [2.05, 4.69) is 58.2 Å². The quantitative estimate of drug-likeness (QED) is 0.0119. The molecule has 26 heteroatoms. The summed E-state index contributed by atoms with van der Waals surface area (Å²) < 4.78 is 0. The van der Waals surface area contributed by atoms with Crippen LogP contribution in [-0.4, -0.2) is 146 Å². The number of amides is 8. The number of primary amides is 1. The van der Waals surface area contributed by atoms with Crippen LogP contribution in [0.25, 0.3) is 10.9 Å². The summed E-state index contributed by atoms with van der Waals surface area (Å²) >= 11 is 0. The van der Waals surface area contributed by atoms with Gasteiger partial charge in [0, 0.05) is 56.5 Å². The van der Waals surface area contributed by atoms with Crippen LogP contribution in [0.4, 0.5) is 0 Å². The molecule has 0 radical (unpaired) electrons. The number of benzene rings is 2. The van der Waals surface area contributed by atoms with Gasteiger partial charge in [-0.15, -0.1) is 0 Å². The van der Waals surface area contributed by atoms with E-state index in [-0.39, 0.29) is 95.9 Å². The Balaban J connectivity index is 1.74. The topological polar surface area (TPSA) is 441 Å². The molecular weight excluding hydrogens is 971 g/mol. The summed E-state index contributed by atoms with van der Waals surface area (Å²) in [4.78, 5) is 122. The number of hydrogen-bond acceptors (Lipinski definition) is 13. The second-order valence-corrected chi connectivity index (χ2v) is 17.8. The number of guanidine groups is 2. The Morgan fingerprint density at radius 1 is 0.587 bits per heavy atom. The van der Waals surface area contributed by atoms with Crippen LogP contribution in [0.1, 0.15) is 75.8 Å². The van der Waals surface area contributed by atoms with Crippen molar-refractivity contribution in [1.29, 1.82) is 10.8 Å². The van der Waals surface area contributed by atoms with Crippen LogP contribution in [0.15, 0.2) is 60.8 Å². The van der Waals surface area contributed by atoms with Gasteiger partial charge in [-0.1, -0.05) is 48.5 Å². The van der Waals surface area contributed by atoms with Crippen molar-refractivity contribution in [2.24, 2.45) is 22.9 Å². The molecule has 0 spiro atoms. The van der Waals surface area contributed by atoms with Crippen molar-refractivity contribution >= 4 is 76.4 Å². The number of nitrogens with two attached hydrogens (primary N) is 4. The number of fused-ring (bicyclic) bond motifs is 1. The van der Waals surface area contributed by atoms with Gasteiger partial charge in [0.1, 0.15) is 36.5 Å². The number of H-pyrrole nitrogens is 1. The molecular formula is C49H75N17O9. The van der Waals surface area contributed by atoms with E-state index in [9.17, 15) is 43.2 Å². The second-order valence-electron chi connectivity index (χ2n) is 17.8. The molecule has 0 fully saturated rings. The number of carbonyl (C=O) groups is 9. The van der Waals surface area contributed by atoms with Crippen molar-refractivity contribution in [2.75, 3.05) is 33.2 Å². The van der Waals surface area contributed by atoms with Crippen molar-refractivity contribution in [2.45, 2.75) is 120 Å². The monoisotopic (exact) mass is 1050 g/mol. The van der Waals surface area contributed by atoms with E-state index < -0.39 is 89.6 Å². The molecule has 0 aliphatic carbocycles. The lowest BCUT2D eigenvalue weighted by atomic mass is 10.0. The number of aldehydes is 1. The fourth-order valence-electron chi connectivity index (χ4n) is 7.93. The summed E-state index contributed by atoms with van der Waals surface area (Å²) in [6.07, 6.45) is 3.06. The minimum atomic E-state index is -1.48. The zero-order valence-corrected chi connectivity index (χ0v) is 42.5. The molecule has 0 aliphatic heterocycles. The summed E-state index contributed by atoms with van der Waals surface area (Å²) in [7, 11) is 1.63. The number of carbonyl (C=O) groups excluding carboxylic acids is 9. The lowest BCUT2D eigenvalue weighted by Gasteiger charge is -2.27. The number of nitrogens with one attached hydrogen (secondary N) is 13. The Hall–Kier alpha value is -8.13. The second kappa shape index (κ2) is 32.8. The van der Waals surface area contributed by atoms with E-state index >= 15 is 0 Å². The fraction of sp³-hybridized carbons (Fsp3) is 0.490. The van der Waals surface area contributed by atoms with Gasteiger partial charge in [0.2, 0.25) is 47.3 Å². The highest BCUT2D eigenvalue weighted by Crippen LogP contribution is 2.19. The molecule has 2 aromatic carbocycles. The predicted octanol–water partition coefficient (Wildman–Crippen LogP) is -3.29. The van der Waals surface area contributed by atoms with Crippen molar-refractivity contribution in [1.82, 2.24) is 58.2 Å². The fourth-order valence-corrected chi connectivity index (χ4v) is 7.93. The summed E-state index contributed by atoms with van der Waals surface area (Å²) in [5.74, 6) is -6.11. The number of rotatable bonds is 35. The Labute approximate surface area is 435 Å². The molecule has 8 amide bonds. The van der Waals surface area contributed by atoms with E-state index in [1.165, 1.54) is 6.92 Å². The third-order valence-corrected chi connectivity index (χ3v) is 11.9. The molecule has 0 saturated heterocycles. The predicted molar refractivity (Wildman–Crippen MR) is 281 cm³/mol. The van der Waals surface area contributed by atoms with Crippen LogP contribution in [0, 0.1) is 10.8 Å². The molecule has 7 atom stereocenters. The largest absolute Gasteiger partial charge is 0.370 e. The van der Waals surface area contributed by atoms with Gasteiger partial charge < -0.3 is 85.9 Å². The van der Waals surface area contributed by atoms with Gasteiger partial charge in [0.15, 0.2) is 11.9 Å². The van der Waals surface area contributed by atoms with Gasteiger partial charge in [-0.2, -0.15) is 0 Å². The highest BCUT2D eigenvalue weighted by atomic mass is 16.2. The average Bonchev–Trinajstić information content (AvgIpc) is 3.78. The molecule has 1 heterocycles. The molecule has 26 nitrogen and oxygen atoms in total. The van der Waals surface area contributed by atoms with Crippen molar-refractivity contribution in [3.63, 3.8) is 0 Å². The molecule has 0 aliphatic rings. The molecule has 3 unspecified atom stereocenters. The molecule has 1 aromatic heterocycles. The van der Waals surface area contributed by atoms with Gasteiger partial charge in [-0.05, 0) is 88.6 Å². The third kappa shape index (κ3) is 22.7. The first-order chi connectivity index (χ1) is 35.8. The maximum absolute atomic E-state index is 14.2. The maximum atomic E-state index is 14.2. The van der Waals surface area contributed by atoms with Gasteiger partial charge in [-0.25, -0.2) is 0 Å². The van der Waals surface area contributed by atoms with Crippen molar-refractivity contribution in [3.05, 3.63) is 71.9 Å². The minimum absolute atomic E-state index is 0.0133. The summed E-state index contributed by atoms with van der Waals surface area (Å²) in [5, 5.41) is 42.3. The molecule has 3 rings (SSSR count). The van der Waals surface area contributed by atoms with Gasteiger partial charge in [0.25, 0.3) is 0 Å². The smallest absolute Gasteiger partial charge is 0.243 e. The van der Waals surface area contributed by atoms with Gasteiger partial charge >= 0.3 is 0 Å². The maximum Gasteiger partial charge on any atom is 0.243 e. The number of aromatic amines is 1. The normalized spacial score (nSPS) is 13.7. The van der Waals surface area contributed by atoms with Gasteiger partial charge in [0.05, 0.1) is 12.1 Å². The molecule has 410 valence electrons. The summed E-state index contributed by atoms with van der Waals surface area (Å²) in [5.41, 5.74) is 24.7. The Morgan fingerprint density at radius 3 is 1.67 bits per heavy atom. The zero-order chi connectivity index (χ0) is 55.3. The Kier molecular flexibility index (Phi) is 26.8. The first kappa shape index (κ1) is 61.2. The molecule has 21 N–H and O–H groups in total. The molecule has 75 heavy (non-hydrogen) atoms. The van der Waals surface area contributed by atoms with E-state index in [0.717, 1.165) is 16.5 Å². The number of aromatic nitrogens is 1.